The minimum absolute atomic E-state index is 0.0441. The number of nitrogens with zero attached hydrogens (tertiary/aromatic N) is 1. The molecule has 0 fully saturated rings. The van der Waals surface area contributed by atoms with Crippen molar-refractivity contribution in [1.82, 2.24) is 5.32 Å². The number of phosphoric acid groups is 1. The zero-order valence-corrected chi connectivity index (χ0v) is 48.9. The summed E-state index contributed by atoms with van der Waals surface area (Å²) in [4.78, 5) is 39.9. The summed E-state index contributed by atoms with van der Waals surface area (Å²) >= 11 is 0. The molecule has 10 heteroatoms. The fourth-order valence-electron chi connectivity index (χ4n) is 7.60. The minimum Gasteiger partial charge on any atom is -0.756 e. The molecule has 0 saturated carbocycles. The molecule has 74 heavy (non-hydrogen) atoms. The van der Waals surface area contributed by atoms with Crippen LogP contribution in [0.3, 0.4) is 0 Å². The van der Waals surface area contributed by atoms with E-state index in [1.165, 1.54) is 77.0 Å². The number of hydrogen-bond acceptors (Lipinski definition) is 7. The van der Waals surface area contributed by atoms with E-state index in [2.05, 4.69) is 135 Å². The van der Waals surface area contributed by atoms with Gasteiger partial charge < -0.3 is 28.5 Å². The van der Waals surface area contributed by atoms with Crippen molar-refractivity contribution in [2.24, 2.45) is 0 Å². The van der Waals surface area contributed by atoms with Crippen molar-refractivity contribution in [1.29, 1.82) is 0 Å². The van der Waals surface area contributed by atoms with Gasteiger partial charge in [0.05, 0.1) is 33.8 Å². The molecule has 0 heterocycles. The molecule has 0 rings (SSSR count). The highest BCUT2D eigenvalue weighted by molar-refractivity contribution is 7.45. The molecule has 1 N–H and O–H groups in total. The second kappa shape index (κ2) is 52.8. The van der Waals surface area contributed by atoms with Gasteiger partial charge in [0, 0.05) is 12.8 Å². The Morgan fingerprint density at radius 2 is 0.878 bits per heavy atom. The molecular weight excluding hydrogens is 940 g/mol. The van der Waals surface area contributed by atoms with E-state index in [1.807, 2.05) is 27.2 Å². The molecule has 0 aliphatic rings. The van der Waals surface area contributed by atoms with Crippen LogP contribution < -0.4 is 10.2 Å². The van der Waals surface area contributed by atoms with Gasteiger partial charge in [-0.1, -0.05) is 213 Å². The maximum absolute atomic E-state index is 13.5. The fraction of sp³-hybridized carbons (Fsp3) is 0.656. The van der Waals surface area contributed by atoms with Crippen molar-refractivity contribution < 1.29 is 37.3 Å². The molecule has 0 spiro atoms. The summed E-state index contributed by atoms with van der Waals surface area (Å²) in [6.07, 6.45) is 73.1. The molecule has 0 aliphatic carbocycles. The maximum atomic E-state index is 13.5. The van der Waals surface area contributed by atoms with Crippen LogP contribution in [0.2, 0.25) is 0 Å². The van der Waals surface area contributed by atoms with Crippen molar-refractivity contribution >= 4 is 19.7 Å². The lowest BCUT2D eigenvalue weighted by Crippen LogP contribution is -2.47. The number of phosphoric ester groups is 1. The average Bonchev–Trinajstić information content (AvgIpc) is 3.36. The second-order valence-electron chi connectivity index (χ2n) is 20.4. The smallest absolute Gasteiger partial charge is 0.306 e. The number of unbranched alkanes of at least 4 members (excludes halogenated alkanes) is 17. The minimum atomic E-state index is -4.73. The van der Waals surface area contributed by atoms with Crippen molar-refractivity contribution in [3.05, 3.63) is 122 Å². The van der Waals surface area contributed by atoms with Crippen LogP contribution in [0.25, 0.3) is 0 Å². The first-order valence-electron chi connectivity index (χ1n) is 29.3. The zero-order chi connectivity index (χ0) is 54.3. The molecular formula is C64H109N2O7P. The standard InChI is InChI=1S/C64H109N2O7P/c1-7-10-13-16-19-22-25-28-30-32-33-35-36-38-41-44-47-50-53-56-63(67)65-61(60-72-74(69,70)71-59-58-66(4,5)6)62(55-52-49-46-43-40-27-24-21-18-15-12-9-3)73-64(68)57-54-51-48-45-42-39-37-34-31-29-26-23-20-17-14-11-8-2/h10,13,19-20,22-23,28-31,33,35,37-39,41,45,48,52,55,61-62H,7-9,11-12,14-18,21,24-27,32,34,36,40,42-44,46-47,49-51,53-54,56-60H2,1-6H3,(H-,65,67,69,70)/b13-10-,22-19-,23-20-,30-28-,31-29-,35-33-,39-37-,41-38-,48-45-,55-52+. The first kappa shape index (κ1) is 70.4. The largest absolute Gasteiger partial charge is 0.756 e. The molecule has 422 valence electrons. The van der Waals surface area contributed by atoms with E-state index in [9.17, 15) is 19.0 Å². The zero-order valence-electron chi connectivity index (χ0n) is 48.0. The maximum Gasteiger partial charge on any atom is 0.306 e. The molecule has 9 nitrogen and oxygen atoms in total. The normalized spacial score (nSPS) is 14.6. The van der Waals surface area contributed by atoms with Crippen molar-refractivity contribution in [3.63, 3.8) is 0 Å². The third-order valence-electron chi connectivity index (χ3n) is 12.1. The summed E-state index contributed by atoms with van der Waals surface area (Å²) in [5.74, 6) is -0.655. The van der Waals surface area contributed by atoms with Crippen LogP contribution in [0.4, 0.5) is 0 Å². The Balaban J connectivity index is 5.49. The van der Waals surface area contributed by atoms with E-state index in [1.54, 1.807) is 6.08 Å². The quantitative estimate of drug-likeness (QED) is 0.0212. The lowest BCUT2D eigenvalue weighted by atomic mass is 10.1. The highest BCUT2D eigenvalue weighted by Gasteiger charge is 2.27. The summed E-state index contributed by atoms with van der Waals surface area (Å²) < 4.78 is 30.2. The van der Waals surface area contributed by atoms with E-state index >= 15 is 0 Å². The Morgan fingerprint density at radius 3 is 1.35 bits per heavy atom. The molecule has 0 saturated heterocycles. The number of esters is 1. The van der Waals surface area contributed by atoms with Gasteiger partial charge in [-0.15, -0.1) is 0 Å². The van der Waals surface area contributed by atoms with Gasteiger partial charge in [-0.2, -0.15) is 0 Å². The number of carbonyl (C=O) groups is 2. The van der Waals surface area contributed by atoms with E-state index in [4.69, 9.17) is 13.8 Å². The fourth-order valence-corrected chi connectivity index (χ4v) is 8.32. The van der Waals surface area contributed by atoms with E-state index in [-0.39, 0.29) is 25.4 Å². The van der Waals surface area contributed by atoms with Gasteiger partial charge >= 0.3 is 5.97 Å². The lowest BCUT2D eigenvalue weighted by Gasteiger charge is -2.30. The number of quaternary nitrogens is 1. The Kier molecular flexibility index (Phi) is 50.3. The SMILES string of the molecule is CC/C=C\C/C=C\C/C=C\C/C=C\C/C=C\CCCCCC(=O)NC(COP(=O)([O-])OCC[N+](C)(C)C)C(/C=C/CCCCCCCCCCCC)OC(=O)CCC/C=C\C/C=C\C/C=C\C/C=C\CCCCC. The van der Waals surface area contributed by atoms with E-state index < -0.39 is 32.5 Å². The number of allylic oxidation sites excluding steroid dienone is 19. The molecule has 3 unspecified atom stereocenters. The molecule has 0 radical (unpaired) electrons. The van der Waals surface area contributed by atoms with Crippen molar-refractivity contribution in [3.8, 4) is 0 Å². The highest BCUT2D eigenvalue weighted by atomic mass is 31.2. The highest BCUT2D eigenvalue weighted by Crippen LogP contribution is 2.38. The van der Waals surface area contributed by atoms with E-state index in [0.29, 0.717) is 23.9 Å². The molecule has 1 amide bonds. The molecule has 0 aromatic rings. The number of nitrogens with one attached hydrogen (secondary N) is 1. The first-order chi connectivity index (χ1) is 35.9. The summed E-state index contributed by atoms with van der Waals surface area (Å²) in [5.41, 5.74) is 0. The summed E-state index contributed by atoms with van der Waals surface area (Å²) in [6.45, 7) is 6.61. The van der Waals surface area contributed by atoms with E-state index in [0.717, 1.165) is 96.3 Å². The average molecular weight is 1050 g/mol. The number of amides is 1. The third kappa shape index (κ3) is 53.2. The van der Waals surface area contributed by atoms with Gasteiger partial charge in [0.1, 0.15) is 19.3 Å². The van der Waals surface area contributed by atoms with Gasteiger partial charge in [-0.3, -0.25) is 14.2 Å². The van der Waals surface area contributed by atoms with Crippen LogP contribution in [-0.2, 0) is 27.9 Å². The van der Waals surface area contributed by atoms with Crippen LogP contribution in [0, 0.1) is 0 Å². The van der Waals surface area contributed by atoms with Crippen LogP contribution >= 0.6 is 7.82 Å². The Morgan fingerprint density at radius 1 is 0.486 bits per heavy atom. The molecule has 0 bridgehead atoms. The number of ether oxygens (including phenoxy) is 1. The number of carbonyl (C=O) groups excluding carboxylic acids is 2. The van der Waals surface area contributed by atoms with Crippen LogP contribution in [0.1, 0.15) is 220 Å². The van der Waals surface area contributed by atoms with Crippen LogP contribution in [0.5, 0.6) is 0 Å². The van der Waals surface area contributed by atoms with Crippen LogP contribution in [-0.4, -0.2) is 69.4 Å². The monoisotopic (exact) mass is 1050 g/mol. The molecule has 0 aromatic carbocycles. The van der Waals surface area contributed by atoms with Gasteiger partial charge in [0.25, 0.3) is 7.82 Å². The summed E-state index contributed by atoms with van der Waals surface area (Å²) in [7, 11) is 1.11. The second-order valence-corrected chi connectivity index (χ2v) is 21.8. The number of hydrogen-bond donors (Lipinski definition) is 1. The van der Waals surface area contributed by atoms with Crippen molar-refractivity contribution in [2.75, 3.05) is 40.9 Å². The molecule has 0 aliphatic heterocycles. The van der Waals surface area contributed by atoms with Gasteiger partial charge in [-0.05, 0) is 115 Å². The molecule has 0 aromatic heterocycles. The summed E-state index contributed by atoms with van der Waals surface area (Å²) in [6, 6.07) is -0.936. The van der Waals surface area contributed by atoms with Gasteiger partial charge in [0.2, 0.25) is 5.91 Å². The Bertz CT molecular complexity index is 1680. The van der Waals surface area contributed by atoms with Crippen LogP contribution in [0.15, 0.2) is 122 Å². The van der Waals surface area contributed by atoms with Crippen molar-refractivity contribution in [2.45, 2.75) is 232 Å². The third-order valence-corrected chi connectivity index (χ3v) is 13.1. The summed E-state index contributed by atoms with van der Waals surface area (Å²) in [5, 5.41) is 2.99. The van der Waals surface area contributed by atoms with Gasteiger partial charge in [0.15, 0.2) is 0 Å². The Hall–Kier alpha value is -3.59. The number of likely N-dealkylation sites (N-methyl/N-ethyl adjacent to an activating group) is 1. The predicted molar refractivity (Wildman–Crippen MR) is 316 cm³/mol. The van der Waals surface area contributed by atoms with Gasteiger partial charge in [-0.25, -0.2) is 0 Å². The predicted octanol–water partition coefficient (Wildman–Crippen LogP) is 17.3. The topological polar surface area (TPSA) is 114 Å². The lowest BCUT2D eigenvalue weighted by molar-refractivity contribution is -0.870. The Labute approximate surface area is 454 Å². The first-order valence-corrected chi connectivity index (χ1v) is 30.8. The molecule has 3 atom stereocenters. The number of rotatable bonds is 51.